The second-order valence-electron chi connectivity index (χ2n) is 0. The minimum Gasteiger partial charge on any atom is -0.412 e. The largest absolute Gasteiger partial charge is 0.412 e. The van der Waals surface area contributed by atoms with Gasteiger partial charge >= 0.3 is 0 Å². The normalized spacial score (nSPS) is 0. The summed E-state index contributed by atoms with van der Waals surface area (Å²) < 4.78 is 0. The molecule has 0 aliphatic carbocycles. The smallest absolute Gasteiger partial charge is 0 e. The van der Waals surface area contributed by atoms with Gasteiger partial charge in [-0.2, -0.15) is 0 Å². The first-order chi connectivity index (χ1) is 0. The van der Waals surface area contributed by atoms with E-state index in [0.717, 1.165) is 0 Å². The summed E-state index contributed by atoms with van der Waals surface area (Å²) in [6, 6.07) is 0. The summed E-state index contributed by atoms with van der Waals surface area (Å²) in [6.07, 6.45) is 0. The van der Waals surface area contributed by atoms with E-state index >= 15 is 0 Å². The minimum atomic E-state index is 0. The van der Waals surface area contributed by atoms with Crippen LogP contribution in [0, 0.1) is 0 Å². The Hall–Kier alpha value is 1.16. The summed E-state index contributed by atoms with van der Waals surface area (Å²) >= 11 is 0. The summed E-state index contributed by atoms with van der Waals surface area (Å²) in [5, 5.41) is 0. The monoisotopic (exact) mass is 255 g/mol. The molecule has 47 valence electrons. The Morgan fingerprint density at radius 2 is 0.500 bits per heavy atom. The van der Waals surface area contributed by atoms with Gasteiger partial charge < -0.3 is 21.9 Å². The van der Waals surface area contributed by atoms with Crippen LogP contribution in [0.3, 0.4) is 0 Å². The molecule has 0 aromatic carbocycles. The molecule has 0 unspecified atom stereocenters. The second-order valence-corrected chi connectivity index (χ2v) is 0. The van der Waals surface area contributed by atoms with E-state index < -0.39 is 0 Å². The molecule has 0 saturated heterocycles. The van der Waals surface area contributed by atoms with Gasteiger partial charge in [0, 0.05) is 41.0 Å². The third-order valence-corrected chi connectivity index (χ3v) is 0. The molecule has 0 amide bonds. The van der Waals surface area contributed by atoms with Crippen molar-refractivity contribution in [2.45, 2.75) is 0 Å². The quantitative estimate of drug-likeness (QED) is 0.395. The molecule has 0 aromatic rings. The molecule has 0 rings (SSSR count). The Labute approximate surface area is 63.0 Å². The SMILES string of the molecule is O.O.O.O.[Cu].[Sn]. The molecule has 0 spiro atoms. The van der Waals surface area contributed by atoms with Crippen LogP contribution < -0.4 is 0 Å². The van der Waals surface area contributed by atoms with Gasteiger partial charge in [-0.05, 0) is 0 Å². The van der Waals surface area contributed by atoms with Crippen LogP contribution in [-0.2, 0) is 17.1 Å². The zero-order valence-corrected chi connectivity index (χ0v) is 6.60. The molecule has 0 fully saturated rings. The average Bonchev–Trinajstić information content (AvgIpc) is 0. The first-order valence-corrected chi connectivity index (χ1v) is 0. The van der Waals surface area contributed by atoms with Crippen molar-refractivity contribution < 1.29 is 39.0 Å². The van der Waals surface area contributed by atoms with Crippen LogP contribution in [0.5, 0.6) is 0 Å². The van der Waals surface area contributed by atoms with Gasteiger partial charge in [0.2, 0.25) is 0 Å². The number of hydrogen-bond acceptors (Lipinski definition) is 0. The standard InChI is InChI=1S/Cu.4H2O.Sn/h;4*1H2;. The Morgan fingerprint density at radius 3 is 0.500 bits per heavy atom. The molecule has 8 N–H and O–H groups in total. The molecule has 0 heterocycles. The van der Waals surface area contributed by atoms with Gasteiger partial charge in [0.05, 0.1) is 0 Å². The first kappa shape index (κ1) is 202. The predicted molar refractivity (Wildman–Crippen MR) is 20.2 cm³/mol. The van der Waals surface area contributed by atoms with Gasteiger partial charge in [-0.25, -0.2) is 0 Å². The Kier molecular flexibility index (Phi) is 4120. The maximum atomic E-state index is 0. The van der Waals surface area contributed by atoms with Crippen molar-refractivity contribution in [3.63, 3.8) is 0 Å². The van der Waals surface area contributed by atoms with E-state index in [0.29, 0.717) is 0 Å². The van der Waals surface area contributed by atoms with Gasteiger partial charge in [-0.1, -0.05) is 0 Å². The van der Waals surface area contributed by atoms with Crippen LogP contribution in [0.2, 0.25) is 0 Å². The van der Waals surface area contributed by atoms with Crippen molar-refractivity contribution in [2.75, 3.05) is 0 Å². The van der Waals surface area contributed by atoms with Crippen molar-refractivity contribution in [3.05, 3.63) is 0 Å². The van der Waals surface area contributed by atoms with E-state index in [1.54, 1.807) is 0 Å². The molecule has 6 heteroatoms. The van der Waals surface area contributed by atoms with Crippen LogP contribution in [0.1, 0.15) is 0 Å². The first-order valence-electron chi connectivity index (χ1n) is 0. The molecule has 0 atom stereocenters. The van der Waals surface area contributed by atoms with Gasteiger partial charge in [0.25, 0.3) is 0 Å². The summed E-state index contributed by atoms with van der Waals surface area (Å²) in [7, 11) is 0. The van der Waals surface area contributed by atoms with Crippen LogP contribution in [0.15, 0.2) is 0 Å². The number of hydrogen-bond donors (Lipinski definition) is 0. The molecule has 5 radical (unpaired) electrons. The summed E-state index contributed by atoms with van der Waals surface area (Å²) in [4.78, 5) is 0. The fraction of sp³-hybridized carbons (Fsp3) is 0. The van der Waals surface area contributed by atoms with Gasteiger partial charge in [0.1, 0.15) is 0 Å². The van der Waals surface area contributed by atoms with Crippen molar-refractivity contribution in [2.24, 2.45) is 0 Å². The third-order valence-electron chi connectivity index (χ3n) is 0. The molecule has 6 heavy (non-hydrogen) atoms. The van der Waals surface area contributed by atoms with E-state index in [1.165, 1.54) is 0 Å². The van der Waals surface area contributed by atoms with Crippen LogP contribution in [-0.4, -0.2) is 45.8 Å². The fourth-order valence-corrected chi connectivity index (χ4v) is 0. The zero-order chi connectivity index (χ0) is 0. The number of rotatable bonds is 0. The molecule has 0 bridgehead atoms. The molecule has 4 nitrogen and oxygen atoms in total. The Balaban J connectivity index is 0. The topological polar surface area (TPSA) is 126 Å². The van der Waals surface area contributed by atoms with Gasteiger partial charge in [-0.15, -0.1) is 0 Å². The second kappa shape index (κ2) is 122. The van der Waals surface area contributed by atoms with Crippen LogP contribution >= 0.6 is 0 Å². The maximum absolute atomic E-state index is 0. The summed E-state index contributed by atoms with van der Waals surface area (Å²) in [6.45, 7) is 0. The molecular weight excluding hydrogens is 246 g/mol. The van der Waals surface area contributed by atoms with Gasteiger partial charge in [0.15, 0.2) is 0 Å². The van der Waals surface area contributed by atoms with Crippen molar-refractivity contribution in [1.29, 1.82) is 0 Å². The Morgan fingerprint density at radius 1 is 0.500 bits per heavy atom. The summed E-state index contributed by atoms with van der Waals surface area (Å²) in [5.74, 6) is 0. The third kappa shape index (κ3) is 66.5. The van der Waals surface area contributed by atoms with E-state index in [2.05, 4.69) is 0 Å². The Bertz CT molecular complexity index is 7.51. The van der Waals surface area contributed by atoms with Crippen LogP contribution in [0.4, 0.5) is 0 Å². The van der Waals surface area contributed by atoms with E-state index in [9.17, 15) is 0 Å². The van der Waals surface area contributed by atoms with Crippen molar-refractivity contribution in [3.8, 4) is 0 Å². The predicted octanol–water partition coefficient (Wildman–Crippen LogP) is -3.68. The summed E-state index contributed by atoms with van der Waals surface area (Å²) in [5.41, 5.74) is 0. The van der Waals surface area contributed by atoms with E-state index in [-0.39, 0.29) is 62.9 Å². The minimum absolute atomic E-state index is 0. The molecule has 0 aliphatic rings. The van der Waals surface area contributed by atoms with Crippen molar-refractivity contribution in [1.82, 2.24) is 0 Å². The van der Waals surface area contributed by atoms with E-state index in [4.69, 9.17) is 0 Å². The van der Waals surface area contributed by atoms with Gasteiger partial charge in [-0.3, -0.25) is 0 Å². The zero-order valence-electron chi connectivity index (χ0n) is 2.80. The van der Waals surface area contributed by atoms with E-state index in [1.807, 2.05) is 0 Å². The average molecular weight is 254 g/mol. The maximum Gasteiger partial charge on any atom is 0 e. The fourth-order valence-electron chi connectivity index (χ4n) is 0. The molecule has 0 saturated carbocycles. The molecule has 0 aliphatic heterocycles. The van der Waals surface area contributed by atoms with Crippen LogP contribution in [0.25, 0.3) is 0 Å². The molecule has 0 aromatic heterocycles. The molecular formula is H8CuO4Sn. The van der Waals surface area contributed by atoms with Crippen molar-refractivity contribution >= 4 is 23.9 Å².